The number of aliphatic imine (C=N–C) groups is 1. The quantitative estimate of drug-likeness (QED) is 0.663. The number of hydrogen-bond acceptors (Lipinski definition) is 2. The first-order valence-corrected chi connectivity index (χ1v) is 5.26. The summed E-state index contributed by atoms with van der Waals surface area (Å²) in [5, 5.41) is 3.36. The molecule has 1 rings (SSSR count). The fraction of sp³-hybridized carbons (Fsp3) is 0.727. The maximum Gasteiger partial charge on any atom is 0.0965 e. The van der Waals surface area contributed by atoms with E-state index < -0.39 is 0 Å². The van der Waals surface area contributed by atoms with E-state index in [1.165, 1.54) is 30.7 Å². The molecule has 1 N–H and O–H groups in total. The van der Waals surface area contributed by atoms with E-state index >= 15 is 0 Å². The molecule has 2 nitrogen and oxygen atoms in total. The average Bonchev–Trinajstić information content (AvgIpc) is 2.42. The summed E-state index contributed by atoms with van der Waals surface area (Å²) in [5.41, 5.74) is 1.26. The third kappa shape index (κ3) is 4.11. The molecule has 0 amide bonds. The Labute approximate surface area is 81.1 Å². The van der Waals surface area contributed by atoms with E-state index in [4.69, 9.17) is 0 Å². The van der Waals surface area contributed by atoms with Crippen LogP contribution >= 0.6 is 0 Å². The van der Waals surface area contributed by atoms with Crippen LogP contribution in [0, 0.1) is 0 Å². The van der Waals surface area contributed by atoms with E-state index in [0.29, 0.717) is 0 Å². The summed E-state index contributed by atoms with van der Waals surface area (Å²) in [7, 11) is 0. The van der Waals surface area contributed by atoms with Crippen molar-refractivity contribution in [2.45, 2.75) is 39.0 Å². The molecule has 0 unspecified atom stereocenters. The monoisotopic (exact) mass is 180 g/mol. The molecule has 1 aliphatic heterocycles. The molecule has 0 saturated heterocycles. The van der Waals surface area contributed by atoms with E-state index in [0.717, 1.165) is 25.9 Å². The minimum atomic E-state index is 0.898. The summed E-state index contributed by atoms with van der Waals surface area (Å²) in [4.78, 5) is 4.49. The molecule has 13 heavy (non-hydrogen) atoms. The van der Waals surface area contributed by atoms with Gasteiger partial charge in [-0.1, -0.05) is 25.5 Å². The van der Waals surface area contributed by atoms with Crippen LogP contribution in [0.5, 0.6) is 0 Å². The van der Waals surface area contributed by atoms with Gasteiger partial charge in [-0.15, -0.1) is 0 Å². The molecule has 0 radical (unpaired) electrons. The van der Waals surface area contributed by atoms with Crippen LogP contribution in [0.4, 0.5) is 0 Å². The van der Waals surface area contributed by atoms with Crippen LogP contribution in [0.3, 0.4) is 0 Å². The molecule has 1 aliphatic rings. The molecule has 0 aromatic heterocycles. The summed E-state index contributed by atoms with van der Waals surface area (Å²) in [6.45, 7) is 8.00. The summed E-state index contributed by atoms with van der Waals surface area (Å²) in [6.07, 6.45) is 6.03. The first kappa shape index (κ1) is 10.3. The Kier molecular flexibility index (Phi) is 4.58. The first-order chi connectivity index (χ1) is 6.33. The smallest absolute Gasteiger partial charge is 0.0965 e. The molecular weight excluding hydrogens is 160 g/mol. The molecule has 2 heteroatoms. The molecule has 74 valence electrons. The zero-order valence-electron chi connectivity index (χ0n) is 8.60. The van der Waals surface area contributed by atoms with Crippen molar-refractivity contribution in [3.8, 4) is 0 Å². The third-order valence-electron chi connectivity index (χ3n) is 2.42. The summed E-state index contributed by atoms with van der Waals surface area (Å²) in [6, 6.07) is 0. The Morgan fingerprint density at radius 2 is 2.31 bits per heavy atom. The number of nitrogens with zero attached hydrogens (tertiary/aromatic N) is 1. The highest BCUT2D eigenvalue weighted by atomic mass is 15.0. The van der Waals surface area contributed by atoms with Gasteiger partial charge in [-0.25, -0.2) is 0 Å². The van der Waals surface area contributed by atoms with Gasteiger partial charge in [-0.05, 0) is 19.3 Å². The minimum absolute atomic E-state index is 0.898. The highest BCUT2D eigenvalue weighted by Gasteiger charge is 2.02. The standard InChI is InChI=1S/C11H20N2/c1-3-10(2)9-13-11-7-5-4-6-8-12-11/h2-9H2,1H3,(H,12,13). The van der Waals surface area contributed by atoms with Gasteiger partial charge in [-0.2, -0.15) is 0 Å². The SMILES string of the molecule is C=C(CC)CNC1=NCCCCC1. The lowest BCUT2D eigenvalue weighted by Gasteiger charge is -2.08. The van der Waals surface area contributed by atoms with Crippen molar-refractivity contribution in [2.24, 2.45) is 4.99 Å². The van der Waals surface area contributed by atoms with Crippen molar-refractivity contribution in [1.29, 1.82) is 0 Å². The molecule has 0 saturated carbocycles. The average molecular weight is 180 g/mol. The van der Waals surface area contributed by atoms with Gasteiger partial charge < -0.3 is 5.32 Å². The lowest BCUT2D eigenvalue weighted by molar-refractivity contribution is 0.729. The predicted molar refractivity (Wildman–Crippen MR) is 58.2 cm³/mol. The summed E-state index contributed by atoms with van der Waals surface area (Å²) < 4.78 is 0. The van der Waals surface area contributed by atoms with Gasteiger partial charge in [0.15, 0.2) is 0 Å². The van der Waals surface area contributed by atoms with Crippen molar-refractivity contribution >= 4 is 5.84 Å². The van der Waals surface area contributed by atoms with Crippen LogP contribution in [0.2, 0.25) is 0 Å². The van der Waals surface area contributed by atoms with Crippen molar-refractivity contribution in [2.75, 3.05) is 13.1 Å². The molecule has 0 aromatic rings. The number of rotatable bonds is 3. The summed E-state index contributed by atoms with van der Waals surface area (Å²) in [5.74, 6) is 1.19. The third-order valence-corrected chi connectivity index (χ3v) is 2.42. The van der Waals surface area contributed by atoms with Crippen LogP contribution in [-0.2, 0) is 0 Å². The molecule has 0 aromatic carbocycles. The second kappa shape index (κ2) is 5.79. The van der Waals surface area contributed by atoms with Crippen LogP contribution in [0.15, 0.2) is 17.1 Å². The summed E-state index contributed by atoms with van der Waals surface area (Å²) >= 11 is 0. The predicted octanol–water partition coefficient (Wildman–Crippen LogP) is 2.51. The van der Waals surface area contributed by atoms with Gasteiger partial charge >= 0.3 is 0 Å². The second-order valence-corrected chi connectivity index (χ2v) is 3.60. The van der Waals surface area contributed by atoms with Crippen molar-refractivity contribution < 1.29 is 0 Å². The van der Waals surface area contributed by atoms with Crippen molar-refractivity contribution in [3.63, 3.8) is 0 Å². The normalized spacial score (nSPS) is 17.5. The number of amidine groups is 1. The molecule has 0 atom stereocenters. The fourth-order valence-electron chi connectivity index (χ4n) is 1.37. The van der Waals surface area contributed by atoms with E-state index in [1.54, 1.807) is 0 Å². The Morgan fingerprint density at radius 1 is 1.46 bits per heavy atom. The van der Waals surface area contributed by atoms with Gasteiger partial charge in [0, 0.05) is 19.5 Å². The Morgan fingerprint density at radius 3 is 3.08 bits per heavy atom. The molecule has 0 spiro atoms. The van der Waals surface area contributed by atoms with Gasteiger partial charge in [0.1, 0.15) is 0 Å². The largest absolute Gasteiger partial charge is 0.370 e. The van der Waals surface area contributed by atoms with Gasteiger partial charge in [-0.3, -0.25) is 4.99 Å². The Hall–Kier alpha value is -0.790. The molecular formula is C11H20N2. The second-order valence-electron chi connectivity index (χ2n) is 3.60. The highest BCUT2D eigenvalue weighted by Crippen LogP contribution is 2.06. The van der Waals surface area contributed by atoms with Crippen LogP contribution in [0.25, 0.3) is 0 Å². The molecule has 0 fully saturated rings. The van der Waals surface area contributed by atoms with Crippen LogP contribution in [-0.4, -0.2) is 18.9 Å². The van der Waals surface area contributed by atoms with E-state index in [2.05, 4.69) is 23.8 Å². The van der Waals surface area contributed by atoms with Crippen molar-refractivity contribution in [3.05, 3.63) is 12.2 Å². The number of hydrogen-bond donors (Lipinski definition) is 1. The molecule has 1 heterocycles. The molecule has 0 aliphatic carbocycles. The maximum absolute atomic E-state index is 4.49. The maximum atomic E-state index is 4.49. The van der Waals surface area contributed by atoms with E-state index in [-0.39, 0.29) is 0 Å². The Balaban J connectivity index is 2.26. The highest BCUT2D eigenvalue weighted by molar-refractivity contribution is 5.82. The molecule has 0 bridgehead atoms. The topological polar surface area (TPSA) is 24.4 Å². The first-order valence-electron chi connectivity index (χ1n) is 5.26. The lowest BCUT2D eigenvalue weighted by atomic mass is 10.2. The Bertz CT molecular complexity index is 194. The van der Waals surface area contributed by atoms with Crippen molar-refractivity contribution in [1.82, 2.24) is 5.32 Å². The fourth-order valence-corrected chi connectivity index (χ4v) is 1.37. The zero-order valence-corrected chi connectivity index (χ0v) is 8.60. The zero-order chi connectivity index (χ0) is 9.52. The van der Waals surface area contributed by atoms with Gasteiger partial charge in [0.25, 0.3) is 0 Å². The minimum Gasteiger partial charge on any atom is -0.370 e. The van der Waals surface area contributed by atoms with Crippen LogP contribution in [0.1, 0.15) is 39.0 Å². The lowest BCUT2D eigenvalue weighted by Crippen LogP contribution is -2.25. The van der Waals surface area contributed by atoms with Gasteiger partial charge in [0.2, 0.25) is 0 Å². The number of nitrogens with one attached hydrogen (secondary N) is 1. The van der Waals surface area contributed by atoms with Crippen LogP contribution < -0.4 is 5.32 Å². The van der Waals surface area contributed by atoms with E-state index in [1.807, 2.05) is 0 Å². The van der Waals surface area contributed by atoms with Gasteiger partial charge in [0.05, 0.1) is 5.84 Å². The van der Waals surface area contributed by atoms with E-state index in [9.17, 15) is 0 Å².